The van der Waals surface area contributed by atoms with Gasteiger partial charge in [0.1, 0.15) is 0 Å². The van der Waals surface area contributed by atoms with Gasteiger partial charge in [0.2, 0.25) is 5.88 Å². The second-order valence-corrected chi connectivity index (χ2v) is 6.21. The van der Waals surface area contributed by atoms with E-state index in [1.165, 1.54) is 5.56 Å². The smallest absolute Gasteiger partial charge is 0.213 e. The lowest BCUT2D eigenvalue weighted by Crippen LogP contribution is -2.35. The number of hydrogen-bond acceptors (Lipinski definition) is 3. The lowest BCUT2D eigenvalue weighted by Gasteiger charge is -2.21. The SMILES string of the molecule is CCCC(C)Oc1ccc(CNC(C)(C)C)c(C)n1. The number of rotatable bonds is 6. The lowest BCUT2D eigenvalue weighted by atomic mass is 10.1. The number of hydrogen-bond donors (Lipinski definition) is 1. The van der Waals surface area contributed by atoms with Crippen LogP contribution < -0.4 is 10.1 Å². The van der Waals surface area contributed by atoms with Crippen LogP contribution >= 0.6 is 0 Å². The molecule has 1 atom stereocenters. The molecular weight excluding hydrogens is 236 g/mol. The number of aryl methyl sites for hydroxylation is 1. The number of nitrogens with one attached hydrogen (secondary N) is 1. The van der Waals surface area contributed by atoms with E-state index in [9.17, 15) is 0 Å². The zero-order valence-corrected chi connectivity index (χ0v) is 13.2. The van der Waals surface area contributed by atoms with Crippen LogP contribution in [0.25, 0.3) is 0 Å². The molecule has 0 bridgehead atoms. The van der Waals surface area contributed by atoms with E-state index in [1.807, 2.05) is 13.0 Å². The fourth-order valence-corrected chi connectivity index (χ4v) is 1.85. The Morgan fingerprint density at radius 3 is 2.53 bits per heavy atom. The number of ether oxygens (including phenoxy) is 1. The Morgan fingerprint density at radius 1 is 1.32 bits per heavy atom. The Bertz CT molecular complexity index is 396. The van der Waals surface area contributed by atoms with Crippen molar-refractivity contribution in [1.29, 1.82) is 0 Å². The third kappa shape index (κ3) is 6.06. The van der Waals surface area contributed by atoms with Crippen molar-refractivity contribution in [2.75, 3.05) is 0 Å². The van der Waals surface area contributed by atoms with Crippen LogP contribution in [-0.2, 0) is 6.54 Å². The zero-order valence-electron chi connectivity index (χ0n) is 13.2. The summed E-state index contributed by atoms with van der Waals surface area (Å²) in [6.45, 7) is 13.6. The summed E-state index contributed by atoms with van der Waals surface area (Å²) in [4.78, 5) is 4.53. The Labute approximate surface area is 117 Å². The van der Waals surface area contributed by atoms with Gasteiger partial charge in [-0.15, -0.1) is 0 Å². The van der Waals surface area contributed by atoms with Crippen LogP contribution in [-0.4, -0.2) is 16.6 Å². The fourth-order valence-electron chi connectivity index (χ4n) is 1.85. The Balaban J connectivity index is 2.64. The maximum absolute atomic E-state index is 5.80. The normalized spacial score (nSPS) is 13.4. The Morgan fingerprint density at radius 2 is 2.00 bits per heavy atom. The van der Waals surface area contributed by atoms with Gasteiger partial charge in [-0.05, 0) is 46.6 Å². The molecule has 0 amide bonds. The molecule has 0 aromatic carbocycles. The van der Waals surface area contributed by atoms with E-state index in [4.69, 9.17) is 4.74 Å². The van der Waals surface area contributed by atoms with Crippen molar-refractivity contribution in [1.82, 2.24) is 10.3 Å². The van der Waals surface area contributed by atoms with Crippen LogP contribution in [0.4, 0.5) is 0 Å². The first-order valence-corrected chi connectivity index (χ1v) is 7.20. The average molecular weight is 264 g/mol. The molecule has 1 aromatic heterocycles. The molecule has 1 rings (SSSR count). The average Bonchev–Trinajstić information content (AvgIpc) is 2.26. The van der Waals surface area contributed by atoms with Gasteiger partial charge in [-0.2, -0.15) is 0 Å². The first-order chi connectivity index (χ1) is 8.81. The molecular formula is C16H28N2O. The highest BCUT2D eigenvalue weighted by Gasteiger charge is 2.11. The lowest BCUT2D eigenvalue weighted by molar-refractivity contribution is 0.201. The van der Waals surface area contributed by atoms with Gasteiger partial charge in [-0.3, -0.25) is 0 Å². The van der Waals surface area contributed by atoms with Gasteiger partial charge in [0.05, 0.1) is 6.10 Å². The van der Waals surface area contributed by atoms with Crippen LogP contribution in [0.3, 0.4) is 0 Å². The second-order valence-electron chi connectivity index (χ2n) is 6.21. The largest absolute Gasteiger partial charge is 0.475 e. The van der Waals surface area contributed by atoms with Crippen molar-refractivity contribution < 1.29 is 4.74 Å². The van der Waals surface area contributed by atoms with Gasteiger partial charge in [0.25, 0.3) is 0 Å². The van der Waals surface area contributed by atoms with E-state index in [1.54, 1.807) is 0 Å². The van der Waals surface area contributed by atoms with E-state index < -0.39 is 0 Å². The van der Waals surface area contributed by atoms with Crippen LogP contribution in [0, 0.1) is 6.92 Å². The molecule has 1 heterocycles. The third-order valence-electron chi connectivity index (χ3n) is 3.00. The first kappa shape index (κ1) is 16.0. The third-order valence-corrected chi connectivity index (χ3v) is 3.00. The van der Waals surface area contributed by atoms with Gasteiger partial charge < -0.3 is 10.1 Å². The zero-order chi connectivity index (χ0) is 14.5. The molecule has 0 aliphatic heterocycles. The molecule has 108 valence electrons. The molecule has 0 aliphatic carbocycles. The molecule has 0 saturated heterocycles. The topological polar surface area (TPSA) is 34.1 Å². The van der Waals surface area contributed by atoms with Crippen molar-refractivity contribution >= 4 is 0 Å². The van der Waals surface area contributed by atoms with Gasteiger partial charge in [0.15, 0.2) is 0 Å². The minimum absolute atomic E-state index is 0.122. The highest BCUT2D eigenvalue weighted by atomic mass is 16.5. The molecule has 3 heteroatoms. The summed E-state index contributed by atoms with van der Waals surface area (Å²) < 4.78 is 5.80. The van der Waals surface area contributed by atoms with E-state index in [-0.39, 0.29) is 11.6 Å². The molecule has 0 saturated carbocycles. The maximum Gasteiger partial charge on any atom is 0.213 e. The van der Waals surface area contributed by atoms with E-state index >= 15 is 0 Å². The Hall–Kier alpha value is -1.09. The molecule has 3 nitrogen and oxygen atoms in total. The summed E-state index contributed by atoms with van der Waals surface area (Å²) in [7, 11) is 0. The summed E-state index contributed by atoms with van der Waals surface area (Å²) in [6, 6.07) is 4.08. The number of nitrogens with zero attached hydrogens (tertiary/aromatic N) is 1. The molecule has 1 N–H and O–H groups in total. The molecule has 1 unspecified atom stereocenters. The summed E-state index contributed by atoms with van der Waals surface area (Å²) in [5, 5.41) is 3.48. The molecule has 0 aliphatic rings. The molecule has 0 radical (unpaired) electrons. The summed E-state index contributed by atoms with van der Waals surface area (Å²) >= 11 is 0. The quantitative estimate of drug-likeness (QED) is 0.847. The monoisotopic (exact) mass is 264 g/mol. The van der Waals surface area contributed by atoms with E-state index in [0.29, 0.717) is 0 Å². The predicted molar refractivity (Wildman–Crippen MR) is 80.6 cm³/mol. The molecule has 0 spiro atoms. The Kier molecular flexibility index (Phi) is 5.80. The standard InChI is InChI=1S/C16H28N2O/c1-7-8-12(2)19-15-10-9-14(13(3)18-15)11-17-16(4,5)6/h9-10,12,17H,7-8,11H2,1-6H3. The van der Waals surface area contributed by atoms with Crippen molar-refractivity contribution in [3.63, 3.8) is 0 Å². The summed E-state index contributed by atoms with van der Waals surface area (Å²) in [5.74, 6) is 0.734. The number of pyridine rings is 1. The second kappa shape index (κ2) is 6.90. The molecule has 0 fully saturated rings. The van der Waals surface area contributed by atoms with Gasteiger partial charge >= 0.3 is 0 Å². The maximum atomic E-state index is 5.80. The van der Waals surface area contributed by atoms with E-state index in [2.05, 4.69) is 51.0 Å². The molecule has 1 aromatic rings. The van der Waals surface area contributed by atoms with Crippen molar-refractivity contribution in [2.24, 2.45) is 0 Å². The minimum atomic E-state index is 0.122. The highest BCUT2D eigenvalue weighted by Crippen LogP contribution is 2.16. The predicted octanol–water partition coefficient (Wildman–Crippen LogP) is 3.85. The van der Waals surface area contributed by atoms with Gasteiger partial charge in [0, 0.05) is 23.8 Å². The highest BCUT2D eigenvalue weighted by molar-refractivity contribution is 5.25. The van der Waals surface area contributed by atoms with E-state index in [0.717, 1.165) is 31.0 Å². The van der Waals surface area contributed by atoms with Crippen LogP contribution in [0.15, 0.2) is 12.1 Å². The van der Waals surface area contributed by atoms with Gasteiger partial charge in [-0.25, -0.2) is 4.98 Å². The van der Waals surface area contributed by atoms with Crippen molar-refractivity contribution in [3.05, 3.63) is 23.4 Å². The van der Waals surface area contributed by atoms with Gasteiger partial charge in [-0.1, -0.05) is 19.4 Å². The van der Waals surface area contributed by atoms with Crippen LogP contribution in [0.2, 0.25) is 0 Å². The number of aromatic nitrogens is 1. The minimum Gasteiger partial charge on any atom is -0.475 e. The van der Waals surface area contributed by atoms with Crippen LogP contribution in [0.1, 0.15) is 58.7 Å². The van der Waals surface area contributed by atoms with Crippen LogP contribution in [0.5, 0.6) is 5.88 Å². The van der Waals surface area contributed by atoms with Crippen molar-refractivity contribution in [3.8, 4) is 5.88 Å². The summed E-state index contributed by atoms with van der Waals surface area (Å²) in [6.07, 6.45) is 2.43. The molecule has 19 heavy (non-hydrogen) atoms. The first-order valence-electron chi connectivity index (χ1n) is 7.20. The fraction of sp³-hybridized carbons (Fsp3) is 0.688. The van der Waals surface area contributed by atoms with Crippen molar-refractivity contribution in [2.45, 2.75) is 72.6 Å². The summed E-state index contributed by atoms with van der Waals surface area (Å²) in [5.41, 5.74) is 2.39.